The third kappa shape index (κ3) is 4.10. The summed E-state index contributed by atoms with van der Waals surface area (Å²) in [6, 6.07) is 0. The van der Waals surface area contributed by atoms with Crippen LogP contribution in [0, 0.1) is 5.92 Å². The third-order valence-electron chi connectivity index (χ3n) is 3.70. The molecule has 1 saturated carbocycles. The molecule has 1 aliphatic carbocycles. The highest BCUT2D eigenvalue weighted by Crippen LogP contribution is 2.36. The Morgan fingerprint density at radius 3 is 2.25 bits per heavy atom. The lowest BCUT2D eigenvalue weighted by atomic mass is 9.80. The fourth-order valence-corrected chi connectivity index (χ4v) is 2.84. The van der Waals surface area contributed by atoms with Gasteiger partial charge in [-0.15, -0.1) is 0 Å². The monoisotopic (exact) mass is 286 g/mol. The fraction of sp³-hybridized carbons (Fsp3) is 0.857. The van der Waals surface area contributed by atoms with E-state index in [-0.39, 0.29) is 18.9 Å². The SMILES string of the molecule is CC(C)(C)OC(=O)N[C@@](CCN)(C(=O)O)C1CCCC1. The first-order valence-electron chi connectivity index (χ1n) is 7.16. The predicted molar refractivity (Wildman–Crippen MR) is 75.4 cm³/mol. The second-order valence-corrected chi connectivity index (χ2v) is 6.42. The predicted octanol–water partition coefficient (Wildman–Crippen LogP) is 1.87. The molecular formula is C14H26N2O4. The molecule has 6 heteroatoms. The molecule has 1 rings (SSSR count). The molecule has 0 bridgehead atoms. The number of carboxylic acids is 1. The molecule has 0 aromatic carbocycles. The standard InChI is InChI=1S/C14H26N2O4/c1-13(2,3)20-12(19)16-14(8-9-15,11(17)18)10-6-4-5-7-10/h10H,4-9,15H2,1-3H3,(H,16,19)(H,17,18)/t14-/m1/s1. The van der Waals surface area contributed by atoms with E-state index in [4.69, 9.17) is 10.5 Å². The average molecular weight is 286 g/mol. The zero-order valence-corrected chi connectivity index (χ0v) is 12.6. The van der Waals surface area contributed by atoms with E-state index in [1.807, 2.05) is 0 Å². The summed E-state index contributed by atoms with van der Waals surface area (Å²) in [5.41, 5.74) is 3.60. The lowest BCUT2D eigenvalue weighted by Gasteiger charge is -2.36. The lowest BCUT2D eigenvalue weighted by molar-refractivity contribution is -0.147. The number of amides is 1. The van der Waals surface area contributed by atoms with Crippen molar-refractivity contribution in [1.29, 1.82) is 0 Å². The van der Waals surface area contributed by atoms with Gasteiger partial charge in [-0.1, -0.05) is 12.8 Å². The molecule has 0 saturated heterocycles. The van der Waals surface area contributed by atoms with Crippen LogP contribution in [0.1, 0.15) is 52.9 Å². The quantitative estimate of drug-likeness (QED) is 0.716. The fourth-order valence-electron chi connectivity index (χ4n) is 2.84. The number of carbonyl (C=O) groups excluding carboxylic acids is 1. The highest BCUT2D eigenvalue weighted by atomic mass is 16.6. The minimum Gasteiger partial charge on any atom is -0.479 e. The number of carbonyl (C=O) groups is 2. The second-order valence-electron chi connectivity index (χ2n) is 6.42. The topological polar surface area (TPSA) is 102 Å². The molecule has 0 spiro atoms. The number of nitrogens with one attached hydrogen (secondary N) is 1. The first-order chi connectivity index (χ1) is 9.21. The van der Waals surface area contributed by atoms with Crippen molar-refractivity contribution in [3.63, 3.8) is 0 Å². The van der Waals surface area contributed by atoms with E-state index in [0.717, 1.165) is 25.7 Å². The molecule has 6 nitrogen and oxygen atoms in total. The Morgan fingerprint density at radius 2 is 1.85 bits per heavy atom. The van der Waals surface area contributed by atoms with Crippen LogP contribution in [-0.2, 0) is 9.53 Å². The summed E-state index contributed by atoms with van der Waals surface area (Å²) in [5, 5.41) is 12.2. The summed E-state index contributed by atoms with van der Waals surface area (Å²) in [5.74, 6) is -1.11. The molecule has 1 atom stereocenters. The van der Waals surface area contributed by atoms with Gasteiger partial charge in [-0.2, -0.15) is 0 Å². The van der Waals surface area contributed by atoms with Crippen LogP contribution in [0.3, 0.4) is 0 Å². The maximum Gasteiger partial charge on any atom is 0.408 e. The smallest absolute Gasteiger partial charge is 0.408 e. The van der Waals surface area contributed by atoms with Crippen LogP contribution < -0.4 is 11.1 Å². The molecule has 0 radical (unpaired) electrons. The molecule has 116 valence electrons. The first kappa shape index (κ1) is 16.8. The number of carboxylic acid groups (broad SMARTS) is 1. The molecule has 1 aliphatic rings. The van der Waals surface area contributed by atoms with Crippen molar-refractivity contribution in [2.45, 2.75) is 64.0 Å². The summed E-state index contributed by atoms with van der Waals surface area (Å²) in [6.07, 6.45) is 3.08. The van der Waals surface area contributed by atoms with E-state index >= 15 is 0 Å². The summed E-state index contributed by atoms with van der Waals surface area (Å²) in [4.78, 5) is 23.7. The van der Waals surface area contributed by atoms with Gasteiger partial charge >= 0.3 is 12.1 Å². The van der Waals surface area contributed by atoms with Crippen LogP contribution in [0.15, 0.2) is 0 Å². The molecule has 1 fully saturated rings. The minimum atomic E-state index is -1.31. The van der Waals surface area contributed by atoms with Crippen LogP contribution in [0.5, 0.6) is 0 Å². The van der Waals surface area contributed by atoms with Gasteiger partial charge in [0.05, 0.1) is 0 Å². The van der Waals surface area contributed by atoms with E-state index in [9.17, 15) is 14.7 Å². The second kappa shape index (κ2) is 6.43. The van der Waals surface area contributed by atoms with Crippen molar-refractivity contribution in [2.75, 3.05) is 6.54 Å². The van der Waals surface area contributed by atoms with E-state index in [1.54, 1.807) is 20.8 Å². The van der Waals surface area contributed by atoms with Crippen molar-refractivity contribution < 1.29 is 19.4 Å². The molecule has 4 N–H and O–H groups in total. The van der Waals surface area contributed by atoms with E-state index in [0.29, 0.717) is 0 Å². The number of ether oxygens (including phenoxy) is 1. The average Bonchev–Trinajstić information content (AvgIpc) is 2.78. The van der Waals surface area contributed by atoms with E-state index < -0.39 is 23.2 Å². The van der Waals surface area contributed by atoms with E-state index in [1.165, 1.54) is 0 Å². The zero-order valence-electron chi connectivity index (χ0n) is 12.6. The summed E-state index contributed by atoms with van der Waals surface area (Å²) in [6.45, 7) is 5.44. The maximum absolute atomic E-state index is 12.0. The third-order valence-corrected chi connectivity index (χ3v) is 3.70. The Hall–Kier alpha value is -1.30. The number of rotatable bonds is 5. The number of aliphatic carboxylic acids is 1. The lowest BCUT2D eigenvalue weighted by Crippen LogP contribution is -2.60. The Morgan fingerprint density at radius 1 is 1.30 bits per heavy atom. The van der Waals surface area contributed by atoms with Crippen LogP contribution >= 0.6 is 0 Å². The maximum atomic E-state index is 12.0. The Bertz CT molecular complexity index is 359. The molecular weight excluding hydrogens is 260 g/mol. The van der Waals surface area contributed by atoms with Crippen LogP contribution in [-0.4, -0.2) is 34.9 Å². The summed E-state index contributed by atoms with van der Waals surface area (Å²) < 4.78 is 5.20. The van der Waals surface area contributed by atoms with Gasteiger partial charge in [-0.3, -0.25) is 0 Å². The van der Waals surface area contributed by atoms with Crippen LogP contribution in [0.25, 0.3) is 0 Å². The number of hydrogen-bond donors (Lipinski definition) is 3. The van der Waals surface area contributed by atoms with Gasteiger partial charge in [0.15, 0.2) is 0 Å². The van der Waals surface area contributed by atoms with Gasteiger partial charge in [-0.05, 0) is 52.5 Å². The number of nitrogens with two attached hydrogens (primary N) is 1. The number of hydrogen-bond acceptors (Lipinski definition) is 4. The van der Waals surface area contributed by atoms with Crippen LogP contribution in [0.4, 0.5) is 4.79 Å². The van der Waals surface area contributed by atoms with Gasteiger partial charge in [0.1, 0.15) is 11.1 Å². The van der Waals surface area contributed by atoms with Gasteiger partial charge in [0.25, 0.3) is 0 Å². The molecule has 0 unspecified atom stereocenters. The van der Waals surface area contributed by atoms with E-state index in [2.05, 4.69) is 5.32 Å². The normalized spacial score (nSPS) is 19.4. The van der Waals surface area contributed by atoms with Gasteiger partial charge in [-0.25, -0.2) is 9.59 Å². The largest absolute Gasteiger partial charge is 0.479 e. The highest BCUT2D eigenvalue weighted by molar-refractivity contribution is 5.85. The van der Waals surface area contributed by atoms with Crippen molar-refractivity contribution in [3.05, 3.63) is 0 Å². The molecule has 0 aromatic rings. The van der Waals surface area contributed by atoms with Gasteiger partial charge in [0.2, 0.25) is 0 Å². The van der Waals surface area contributed by atoms with Crippen molar-refractivity contribution in [1.82, 2.24) is 5.32 Å². The molecule has 1 amide bonds. The Kier molecular flexibility index (Phi) is 5.39. The van der Waals surface area contributed by atoms with Gasteiger partial charge < -0.3 is 20.9 Å². The van der Waals surface area contributed by atoms with Crippen molar-refractivity contribution >= 4 is 12.1 Å². The Balaban J connectivity index is 2.91. The van der Waals surface area contributed by atoms with Gasteiger partial charge in [0, 0.05) is 0 Å². The summed E-state index contributed by atoms with van der Waals surface area (Å²) in [7, 11) is 0. The summed E-state index contributed by atoms with van der Waals surface area (Å²) >= 11 is 0. The molecule has 0 heterocycles. The zero-order chi connectivity index (χ0) is 15.4. The molecule has 0 aliphatic heterocycles. The molecule has 20 heavy (non-hydrogen) atoms. The van der Waals surface area contributed by atoms with Crippen molar-refractivity contribution in [2.24, 2.45) is 11.7 Å². The minimum absolute atomic E-state index is 0.0870. The van der Waals surface area contributed by atoms with Crippen molar-refractivity contribution in [3.8, 4) is 0 Å². The Labute approximate surface area is 120 Å². The number of alkyl carbamates (subject to hydrolysis) is 1. The highest BCUT2D eigenvalue weighted by Gasteiger charge is 2.48. The van der Waals surface area contributed by atoms with Crippen LogP contribution in [0.2, 0.25) is 0 Å². The first-order valence-corrected chi connectivity index (χ1v) is 7.16. The molecule has 0 aromatic heterocycles.